The van der Waals surface area contributed by atoms with Crippen LogP contribution < -0.4 is 5.32 Å². The van der Waals surface area contributed by atoms with Crippen molar-refractivity contribution in [2.45, 2.75) is 32.7 Å². The molecule has 21 heavy (non-hydrogen) atoms. The number of likely N-dealkylation sites (tertiary alicyclic amines) is 1. The van der Waals surface area contributed by atoms with Gasteiger partial charge in [0.2, 0.25) is 0 Å². The summed E-state index contributed by atoms with van der Waals surface area (Å²) in [6.45, 7) is 8.78. The monoisotopic (exact) mass is 290 g/mol. The minimum Gasteiger partial charge on any atom is -0.384 e. The molecule has 0 aliphatic carbocycles. The molecule has 0 bridgehead atoms. The third-order valence-electron chi connectivity index (χ3n) is 4.28. The molecule has 3 nitrogen and oxygen atoms in total. The van der Waals surface area contributed by atoms with Crippen LogP contribution in [0.5, 0.6) is 0 Å². The second-order valence-electron chi connectivity index (χ2n) is 6.11. The summed E-state index contributed by atoms with van der Waals surface area (Å²) in [5, 5.41) is 3.50. The van der Waals surface area contributed by atoms with E-state index in [9.17, 15) is 0 Å². The summed E-state index contributed by atoms with van der Waals surface area (Å²) in [4.78, 5) is 2.57. The standard InChI is InChI=1S/C18H30N2O/c1-3-10-19-11-8-17-6-4-5-7-18(17)14-20-12-9-16(13-20)15-21-2/h4-7,16,19H,3,8-15H2,1-2H3. The number of hydrogen-bond donors (Lipinski definition) is 1. The molecule has 1 aromatic rings. The first-order valence-electron chi connectivity index (χ1n) is 8.32. The van der Waals surface area contributed by atoms with Crippen molar-refractivity contribution in [3.05, 3.63) is 35.4 Å². The van der Waals surface area contributed by atoms with Gasteiger partial charge < -0.3 is 10.1 Å². The Labute approximate surface area is 129 Å². The number of nitrogens with one attached hydrogen (secondary N) is 1. The van der Waals surface area contributed by atoms with Gasteiger partial charge in [0.05, 0.1) is 6.61 Å². The molecule has 118 valence electrons. The average molecular weight is 290 g/mol. The predicted octanol–water partition coefficient (Wildman–Crippen LogP) is 2.70. The fraction of sp³-hybridized carbons (Fsp3) is 0.667. The van der Waals surface area contributed by atoms with Gasteiger partial charge in [0.25, 0.3) is 0 Å². The molecule has 3 heteroatoms. The Morgan fingerprint density at radius 2 is 2.05 bits per heavy atom. The fourth-order valence-corrected chi connectivity index (χ4v) is 3.15. The summed E-state index contributed by atoms with van der Waals surface area (Å²) in [7, 11) is 1.81. The summed E-state index contributed by atoms with van der Waals surface area (Å²) in [5.74, 6) is 0.716. The van der Waals surface area contributed by atoms with Crippen LogP contribution in [-0.2, 0) is 17.7 Å². The molecule has 1 atom stereocenters. The van der Waals surface area contributed by atoms with E-state index in [1.807, 2.05) is 0 Å². The Balaban J connectivity index is 1.85. The minimum atomic E-state index is 0.716. The van der Waals surface area contributed by atoms with E-state index < -0.39 is 0 Å². The largest absolute Gasteiger partial charge is 0.384 e. The molecule has 1 aliphatic rings. The molecular weight excluding hydrogens is 260 g/mol. The predicted molar refractivity (Wildman–Crippen MR) is 88.6 cm³/mol. The van der Waals surface area contributed by atoms with Gasteiger partial charge in [0, 0.05) is 20.2 Å². The van der Waals surface area contributed by atoms with Crippen LogP contribution in [-0.4, -0.2) is 44.8 Å². The molecule has 1 N–H and O–H groups in total. The van der Waals surface area contributed by atoms with E-state index >= 15 is 0 Å². The summed E-state index contributed by atoms with van der Waals surface area (Å²) in [5.41, 5.74) is 2.99. The van der Waals surface area contributed by atoms with Crippen molar-refractivity contribution in [1.29, 1.82) is 0 Å². The van der Waals surface area contributed by atoms with Gasteiger partial charge in [-0.1, -0.05) is 31.2 Å². The lowest BCUT2D eigenvalue weighted by atomic mass is 10.0. The third-order valence-corrected chi connectivity index (χ3v) is 4.28. The molecule has 1 heterocycles. The van der Waals surface area contributed by atoms with Crippen LogP contribution in [0.15, 0.2) is 24.3 Å². The maximum Gasteiger partial charge on any atom is 0.0503 e. The van der Waals surface area contributed by atoms with E-state index in [4.69, 9.17) is 4.74 Å². The molecule has 1 aromatic carbocycles. The van der Waals surface area contributed by atoms with E-state index in [1.165, 1.54) is 37.1 Å². The number of hydrogen-bond acceptors (Lipinski definition) is 3. The maximum atomic E-state index is 5.29. The summed E-state index contributed by atoms with van der Waals surface area (Å²) < 4.78 is 5.29. The van der Waals surface area contributed by atoms with E-state index in [2.05, 4.69) is 41.4 Å². The van der Waals surface area contributed by atoms with Crippen molar-refractivity contribution in [1.82, 2.24) is 10.2 Å². The van der Waals surface area contributed by atoms with Gasteiger partial charge in [-0.05, 0) is 55.9 Å². The second kappa shape index (κ2) is 9.19. The van der Waals surface area contributed by atoms with Crippen molar-refractivity contribution in [2.75, 3.05) is 39.9 Å². The molecule has 1 aliphatic heterocycles. The van der Waals surface area contributed by atoms with Gasteiger partial charge in [-0.25, -0.2) is 0 Å². The first-order valence-corrected chi connectivity index (χ1v) is 8.32. The number of benzene rings is 1. The van der Waals surface area contributed by atoms with Crippen molar-refractivity contribution < 1.29 is 4.74 Å². The molecule has 0 amide bonds. The SMILES string of the molecule is CCCNCCc1ccccc1CN1CCC(COC)C1. The van der Waals surface area contributed by atoms with Gasteiger partial charge in [-0.15, -0.1) is 0 Å². The molecule has 1 fully saturated rings. The highest BCUT2D eigenvalue weighted by Gasteiger charge is 2.22. The Hall–Kier alpha value is -0.900. The zero-order valence-electron chi connectivity index (χ0n) is 13.6. The maximum absolute atomic E-state index is 5.29. The van der Waals surface area contributed by atoms with Crippen molar-refractivity contribution in [3.63, 3.8) is 0 Å². The van der Waals surface area contributed by atoms with Crippen molar-refractivity contribution >= 4 is 0 Å². The van der Waals surface area contributed by atoms with Crippen molar-refractivity contribution in [2.24, 2.45) is 5.92 Å². The van der Waals surface area contributed by atoms with Crippen LogP contribution in [0.1, 0.15) is 30.9 Å². The van der Waals surface area contributed by atoms with E-state index in [-0.39, 0.29) is 0 Å². The Morgan fingerprint density at radius 1 is 1.24 bits per heavy atom. The molecule has 2 rings (SSSR count). The van der Waals surface area contributed by atoms with Gasteiger partial charge in [0.15, 0.2) is 0 Å². The Bertz CT molecular complexity index is 408. The van der Waals surface area contributed by atoms with E-state index in [0.29, 0.717) is 5.92 Å². The lowest BCUT2D eigenvalue weighted by Crippen LogP contribution is -2.23. The number of rotatable bonds is 9. The van der Waals surface area contributed by atoms with E-state index in [0.717, 1.165) is 32.7 Å². The second-order valence-corrected chi connectivity index (χ2v) is 6.11. The molecule has 0 radical (unpaired) electrons. The minimum absolute atomic E-state index is 0.716. The quantitative estimate of drug-likeness (QED) is 0.708. The molecule has 0 spiro atoms. The Kier molecular flexibility index (Phi) is 7.20. The van der Waals surface area contributed by atoms with Crippen LogP contribution in [0.25, 0.3) is 0 Å². The lowest BCUT2D eigenvalue weighted by Gasteiger charge is -2.18. The third kappa shape index (κ3) is 5.42. The van der Waals surface area contributed by atoms with Gasteiger partial charge in [-0.3, -0.25) is 4.90 Å². The highest BCUT2D eigenvalue weighted by molar-refractivity contribution is 5.27. The van der Waals surface area contributed by atoms with Crippen LogP contribution >= 0.6 is 0 Å². The molecular formula is C18H30N2O. The van der Waals surface area contributed by atoms with Crippen LogP contribution in [0.4, 0.5) is 0 Å². The molecule has 1 unspecified atom stereocenters. The van der Waals surface area contributed by atoms with E-state index in [1.54, 1.807) is 7.11 Å². The summed E-state index contributed by atoms with van der Waals surface area (Å²) in [6, 6.07) is 8.90. The first-order chi connectivity index (χ1) is 10.3. The smallest absolute Gasteiger partial charge is 0.0503 e. The molecule has 0 aromatic heterocycles. The number of methoxy groups -OCH3 is 1. The topological polar surface area (TPSA) is 24.5 Å². The zero-order valence-corrected chi connectivity index (χ0v) is 13.6. The normalized spacial score (nSPS) is 19.2. The highest BCUT2D eigenvalue weighted by Crippen LogP contribution is 2.20. The lowest BCUT2D eigenvalue weighted by molar-refractivity contribution is 0.152. The van der Waals surface area contributed by atoms with Gasteiger partial charge in [-0.2, -0.15) is 0 Å². The zero-order chi connectivity index (χ0) is 14.9. The number of nitrogens with zero attached hydrogens (tertiary/aromatic N) is 1. The summed E-state index contributed by atoms with van der Waals surface area (Å²) >= 11 is 0. The molecule has 1 saturated heterocycles. The van der Waals surface area contributed by atoms with Crippen LogP contribution in [0, 0.1) is 5.92 Å². The van der Waals surface area contributed by atoms with Gasteiger partial charge in [0.1, 0.15) is 0 Å². The highest BCUT2D eigenvalue weighted by atomic mass is 16.5. The fourth-order valence-electron chi connectivity index (χ4n) is 3.15. The van der Waals surface area contributed by atoms with Gasteiger partial charge >= 0.3 is 0 Å². The van der Waals surface area contributed by atoms with Crippen molar-refractivity contribution in [3.8, 4) is 0 Å². The summed E-state index contributed by atoms with van der Waals surface area (Å²) in [6.07, 6.45) is 3.61. The molecule has 0 saturated carbocycles. The first kappa shape index (κ1) is 16.5. The number of ether oxygens (including phenoxy) is 1. The van der Waals surface area contributed by atoms with Crippen LogP contribution in [0.2, 0.25) is 0 Å². The van der Waals surface area contributed by atoms with Crippen LogP contribution in [0.3, 0.4) is 0 Å². The average Bonchev–Trinajstić information content (AvgIpc) is 2.93. The Morgan fingerprint density at radius 3 is 2.81 bits per heavy atom.